The third kappa shape index (κ3) is 9.51. The lowest BCUT2D eigenvalue weighted by Gasteiger charge is -2.02. The summed E-state index contributed by atoms with van der Waals surface area (Å²) in [6, 6.07) is 4.63. The predicted octanol–water partition coefficient (Wildman–Crippen LogP) is 6.53. The Hall–Kier alpha value is -1.95. The highest BCUT2D eigenvalue weighted by molar-refractivity contribution is 5.93. The fraction of sp³-hybridized carbons (Fsp3) is 0.609. The maximum absolute atomic E-state index is 11.2. The van der Waals surface area contributed by atoms with Crippen LogP contribution in [0.1, 0.15) is 106 Å². The van der Waals surface area contributed by atoms with Gasteiger partial charge in [-0.15, -0.1) is 0 Å². The number of hydrogen-bond acceptors (Lipinski definition) is 2. The van der Waals surface area contributed by atoms with Gasteiger partial charge in [0.25, 0.3) is 0 Å². The number of carbonyl (C=O) groups is 1. The molecule has 3 heteroatoms. The van der Waals surface area contributed by atoms with Crippen molar-refractivity contribution in [3.05, 3.63) is 29.3 Å². The molecule has 0 aliphatic carbocycles. The van der Waals surface area contributed by atoms with Gasteiger partial charge < -0.3 is 10.2 Å². The molecule has 0 aliphatic heterocycles. The molecule has 0 bridgehead atoms. The molecule has 0 amide bonds. The van der Waals surface area contributed by atoms with E-state index in [1.807, 2.05) is 0 Å². The van der Waals surface area contributed by atoms with Crippen LogP contribution in [0, 0.1) is 11.8 Å². The van der Waals surface area contributed by atoms with Crippen LogP contribution >= 0.6 is 0 Å². The van der Waals surface area contributed by atoms with Crippen molar-refractivity contribution in [3.8, 4) is 17.6 Å². The number of phenols is 1. The van der Waals surface area contributed by atoms with Gasteiger partial charge in [-0.05, 0) is 18.6 Å². The summed E-state index contributed by atoms with van der Waals surface area (Å²) >= 11 is 0. The lowest BCUT2D eigenvalue weighted by Crippen LogP contribution is -2.00. The minimum Gasteiger partial charge on any atom is -0.507 e. The van der Waals surface area contributed by atoms with Gasteiger partial charge in [-0.1, -0.05) is 95.5 Å². The van der Waals surface area contributed by atoms with Crippen molar-refractivity contribution in [2.24, 2.45) is 0 Å². The molecule has 0 radical (unpaired) electrons. The SMILES string of the molecule is CCCCCCCCCCCCCCC#Cc1cccc(O)c1C(=O)O. The number of benzene rings is 1. The molecule has 1 rings (SSSR count). The van der Waals surface area contributed by atoms with E-state index in [9.17, 15) is 9.90 Å². The van der Waals surface area contributed by atoms with Crippen molar-refractivity contribution < 1.29 is 15.0 Å². The van der Waals surface area contributed by atoms with Gasteiger partial charge in [-0.25, -0.2) is 4.79 Å². The molecular weight excluding hydrogens is 324 g/mol. The highest BCUT2D eigenvalue weighted by atomic mass is 16.4. The second-order valence-corrected chi connectivity index (χ2v) is 6.95. The van der Waals surface area contributed by atoms with E-state index in [0.717, 1.165) is 12.8 Å². The largest absolute Gasteiger partial charge is 0.507 e. The summed E-state index contributed by atoms with van der Waals surface area (Å²) in [6.45, 7) is 2.26. The summed E-state index contributed by atoms with van der Waals surface area (Å²) in [5.41, 5.74) is 0.283. The first-order chi connectivity index (χ1) is 12.7. The van der Waals surface area contributed by atoms with Crippen molar-refractivity contribution in [2.75, 3.05) is 0 Å². The Labute approximate surface area is 158 Å². The van der Waals surface area contributed by atoms with Gasteiger partial charge in [0.2, 0.25) is 0 Å². The van der Waals surface area contributed by atoms with E-state index in [0.29, 0.717) is 5.56 Å². The molecule has 144 valence electrons. The number of unbranched alkanes of at least 4 members (excludes halogenated alkanes) is 12. The van der Waals surface area contributed by atoms with Crippen LogP contribution < -0.4 is 0 Å². The quantitative estimate of drug-likeness (QED) is 0.311. The Morgan fingerprint density at radius 3 is 1.96 bits per heavy atom. The first kappa shape index (κ1) is 22.1. The molecule has 0 aromatic heterocycles. The van der Waals surface area contributed by atoms with Gasteiger partial charge in [-0.3, -0.25) is 0 Å². The molecule has 0 fully saturated rings. The molecule has 1 aromatic rings. The van der Waals surface area contributed by atoms with Gasteiger partial charge in [-0.2, -0.15) is 0 Å². The van der Waals surface area contributed by atoms with E-state index >= 15 is 0 Å². The van der Waals surface area contributed by atoms with Gasteiger partial charge in [0.15, 0.2) is 0 Å². The van der Waals surface area contributed by atoms with E-state index < -0.39 is 5.97 Å². The monoisotopic (exact) mass is 358 g/mol. The number of aromatic carboxylic acids is 1. The van der Waals surface area contributed by atoms with Gasteiger partial charge in [0.1, 0.15) is 11.3 Å². The number of rotatable bonds is 13. The number of carboxylic acid groups (broad SMARTS) is 1. The van der Waals surface area contributed by atoms with Crippen LogP contribution in [0.5, 0.6) is 5.75 Å². The Morgan fingerprint density at radius 1 is 0.885 bits per heavy atom. The molecule has 0 atom stereocenters. The Kier molecular flexibility index (Phi) is 12.1. The summed E-state index contributed by atoms with van der Waals surface area (Å²) < 4.78 is 0. The topological polar surface area (TPSA) is 57.5 Å². The van der Waals surface area contributed by atoms with E-state index in [2.05, 4.69) is 18.8 Å². The molecular formula is C23H34O3. The summed E-state index contributed by atoms with van der Waals surface area (Å²) in [5.74, 6) is 4.55. The third-order valence-electron chi connectivity index (χ3n) is 4.63. The van der Waals surface area contributed by atoms with E-state index in [1.54, 1.807) is 12.1 Å². The lowest BCUT2D eigenvalue weighted by atomic mass is 10.0. The highest BCUT2D eigenvalue weighted by Gasteiger charge is 2.13. The van der Waals surface area contributed by atoms with Crippen LogP contribution in [0.15, 0.2) is 18.2 Å². The minimum absolute atomic E-state index is 0.102. The number of hydrogen-bond donors (Lipinski definition) is 2. The van der Waals surface area contributed by atoms with Crippen LogP contribution in [0.2, 0.25) is 0 Å². The van der Waals surface area contributed by atoms with Crippen molar-refractivity contribution in [2.45, 2.75) is 90.4 Å². The zero-order valence-corrected chi connectivity index (χ0v) is 16.2. The second-order valence-electron chi connectivity index (χ2n) is 6.95. The maximum atomic E-state index is 11.2. The van der Waals surface area contributed by atoms with E-state index in [1.165, 1.54) is 76.7 Å². The average Bonchev–Trinajstić information content (AvgIpc) is 2.61. The van der Waals surface area contributed by atoms with Gasteiger partial charge in [0.05, 0.1) is 0 Å². The predicted molar refractivity (Wildman–Crippen MR) is 108 cm³/mol. The Bertz CT molecular complexity index is 581. The van der Waals surface area contributed by atoms with Crippen LogP contribution in [0.25, 0.3) is 0 Å². The number of carboxylic acids is 1. The van der Waals surface area contributed by atoms with Crippen molar-refractivity contribution in [1.29, 1.82) is 0 Å². The summed E-state index contributed by atoms with van der Waals surface area (Å²) in [5, 5.41) is 18.8. The minimum atomic E-state index is -1.14. The zero-order valence-electron chi connectivity index (χ0n) is 16.2. The maximum Gasteiger partial charge on any atom is 0.340 e. The first-order valence-electron chi connectivity index (χ1n) is 10.2. The lowest BCUT2D eigenvalue weighted by molar-refractivity contribution is 0.0693. The molecule has 1 aromatic carbocycles. The molecule has 0 unspecified atom stereocenters. The van der Waals surface area contributed by atoms with Crippen LogP contribution in [-0.4, -0.2) is 16.2 Å². The fourth-order valence-corrected chi connectivity index (χ4v) is 3.08. The first-order valence-corrected chi connectivity index (χ1v) is 10.2. The van der Waals surface area contributed by atoms with Gasteiger partial charge in [0, 0.05) is 12.0 Å². The molecule has 0 heterocycles. The second kappa shape index (κ2) is 14.2. The molecule has 2 N–H and O–H groups in total. The molecule has 0 saturated carbocycles. The molecule has 3 nitrogen and oxygen atoms in total. The average molecular weight is 359 g/mol. The standard InChI is InChI=1S/C23H34O3/c1-2-3-4-5-6-7-8-9-10-11-12-13-14-15-17-20-18-16-19-21(24)22(20)23(25)26/h16,18-19,24H,2-14H2,1H3,(H,25,26). The van der Waals surface area contributed by atoms with E-state index in [-0.39, 0.29) is 11.3 Å². The van der Waals surface area contributed by atoms with Crippen LogP contribution in [-0.2, 0) is 0 Å². The van der Waals surface area contributed by atoms with Crippen molar-refractivity contribution >= 4 is 5.97 Å². The highest BCUT2D eigenvalue weighted by Crippen LogP contribution is 2.20. The van der Waals surface area contributed by atoms with Crippen molar-refractivity contribution in [3.63, 3.8) is 0 Å². The summed E-state index contributed by atoms with van der Waals surface area (Å²) in [6.07, 6.45) is 16.5. The molecule has 0 aliphatic rings. The normalized spacial score (nSPS) is 10.3. The molecule has 0 spiro atoms. The van der Waals surface area contributed by atoms with Crippen LogP contribution in [0.3, 0.4) is 0 Å². The van der Waals surface area contributed by atoms with Gasteiger partial charge >= 0.3 is 5.97 Å². The Balaban J connectivity index is 2.08. The summed E-state index contributed by atoms with van der Waals surface area (Å²) in [7, 11) is 0. The zero-order chi connectivity index (χ0) is 19.0. The van der Waals surface area contributed by atoms with Crippen LogP contribution in [0.4, 0.5) is 0 Å². The third-order valence-corrected chi connectivity index (χ3v) is 4.63. The number of aromatic hydroxyl groups is 1. The summed E-state index contributed by atoms with van der Waals surface area (Å²) in [4.78, 5) is 11.2. The molecule has 26 heavy (non-hydrogen) atoms. The smallest absolute Gasteiger partial charge is 0.340 e. The Morgan fingerprint density at radius 2 is 1.42 bits per heavy atom. The van der Waals surface area contributed by atoms with E-state index in [4.69, 9.17) is 5.11 Å². The van der Waals surface area contributed by atoms with Crippen molar-refractivity contribution in [1.82, 2.24) is 0 Å². The molecule has 0 saturated heterocycles. The fourth-order valence-electron chi connectivity index (χ4n) is 3.08.